The van der Waals surface area contributed by atoms with Crippen molar-refractivity contribution in [3.05, 3.63) is 50.6 Å². The lowest BCUT2D eigenvalue weighted by Gasteiger charge is -2.02. The molecule has 0 fully saturated rings. The van der Waals surface area contributed by atoms with Crippen LogP contribution >= 0.6 is 11.3 Å². The van der Waals surface area contributed by atoms with Crippen LogP contribution in [0.1, 0.15) is 15.4 Å². The van der Waals surface area contributed by atoms with Crippen LogP contribution in [0.2, 0.25) is 0 Å². The summed E-state index contributed by atoms with van der Waals surface area (Å²) >= 11 is 1.66. The molecule has 0 aromatic carbocycles. The predicted octanol–water partition coefficient (Wildman–Crippen LogP) is 0.804. The van der Waals surface area contributed by atoms with Gasteiger partial charge in [0.25, 0.3) is 11.5 Å². The Morgan fingerprint density at radius 2 is 2.29 bits per heavy atom. The quantitative estimate of drug-likeness (QED) is 0.841. The van der Waals surface area contributed by atoms with Crippen molar-refractivity contribution in [3.8, 4) is 0 Å². The third kappa shape index (κ3) is 3.25. The van der Waals surface area contributed by atoms with Gasteiger partial charge in [-0.1, -0.05) is 6.07 Å². The van der Waals surface area contributed by atoms with Gasteiger partial charge in [-0.25, -0.2) is 5.10 Å². The van der Waals surface area contributed by atoms with Crippen LogP contribution in [0.15, 0.2) is 34.4 Å². The monoisotopic (exact) mass is 249 g/mol. The molecular formula is C11H11N3O2S. The molecule has 2 aromatic heterocycles. The minimum absolute atomic E-state index is 0.218. The van der Waals surface area contributed by atoms with E-state index in [1.165, 1.54) is 17.0 Å². The summed E-state index contributed by atoms with van der Waals surface area (Å²) in [5.74, 6) is -0.280. The van der Waals surface area contributed by atoms with E-state index >= 15 is 0 Å². The van der Waals surface area contributed by atoms with E-state index in [0.29, 0.717) is 6.54 Å². The van der Waals surface area contributed by atoms with E-state index < -0.39 is 0 Å². The van der Waals surface area contributed by atoms with Gasteiger partial charge in [-0.2, -0.15) is 5.10 Å². The number of carbonyl (C=O) groups excluding carboxylic acids is 1. The molecule has 88 valence electrons. The first kappa shape index (κ1) is 11.5. The molecule has 0 atom stereocenters. The number of rotatable bonds is 4. The first-order valence-electron chi connectivity index (χ1n) is 5.12. The van der Waals surface area contributed by atoms with Gasteiger partial charge >= 0.3 is 0 Å². The minimum Gasteiger partial charge on any atom is -0.350 e. The Morgan fingerprint density at radius 1 is 1.41 bits per heavy atom. The van der Waals surface area contributed by atoms with Gasteiger partial charge < -0.3 is 5.32 Å². The van der Waals surface area contributed by atoms with Crippen LogP contribution in [0.5, 0.6) is 0 Å². The minimum atomic E-state index is -0.319. The highest BCUT2D eigenvalue weighted by molar-refractivity contribution is 7.09. The lowest BCUT2D eigenvalue weighted by atomic mass is 10.3. The summed E-state index contributed by atoms with van der Waals surface area (Å²) in [6, 6.07) is 6.68. The van der Waals surface area contributed by atoms with Gasteiger partial charge in [-0.15, -0.1) is 11.3 Å². The number of amides is 1. The average Bonchev–Trinajstić information content (AvgIpc) is 2.83. The number of hydrogen-bond donors (Lipinski definition) is 2. The molecule has 0 saturated carbocycles. The molecule has 17 heavy (non-hydrogen) atoms. The second-order valence-electron chi connectivity index (χ2n) is 3.39. The van der Waals surface area contributed by atoms with Crippen LogP contribution in [0.3, 0.4) is 0 Å². The Hall–Kier alpha value is -1.95. The molecule has 0 aliphatic heterocycles. The smallest absolute Gasteiger partial charge is 0.271 e. The van der Waals surface area contributed by atoms with E-state index in [0.717, 1.165) is 6.42 Å². The molecule has 5 nitrogen and oxygen atoms in total. The lowest BCUT2D eigenvalue weighted by molar-refractivity contribution is 0.0948. The number of nitrogens with one attached hydrogen (secondary N) is 2. The second-order valence-corrected chi connectivity index (χ2v) is 4.42. The van der Waals surface area contributed by atoms with E-state index in [1.807, 2.05) is 17.5 Å². The van der Waals surface area contributed by atoms with Crippen LogP contribution in [-0.4, -0.2) is 22.6 Å². The molecule has 0 unspecified atom stereocenters. The van der Waals surface area contributed by atoms with Crippen LogP contribution in [0, 0.1) is 0 Å². The van der Waals surface area contributed by atoms with Gasteiger partial charge in [0.1, 0.15) is 5.69 Å². The average molecular weight is 249 g/mol. The molecule has 1 amide bonds. The molecule has 2 heterocycles. The molecule has 0 aliphatic rings. The Morgan fingerprint density at radius 3 is 2.94 bits per heavy atom. The van der Waals surface area contributed by atoms with Crippen molar-refractivity contribution in [3.63, 3.8) is 0 Å². The largest absolute Gasteiger partial charge is 0.350 e. The second kappa shape index (κ2) is 5.40. The third-order valence-corrected chi connectivity index (χ3v) is 3.08. The van der Waals surface area contributed by atoms with Crippen molar-refractivity contribution >= 4 is 17.2 Å². The summed E-state index contributed by atoms with van der Waals surface area (Å²) in [6.07, 6.45) is 0.798. The Kier molecular flexibility index (Phi) is 3.66. The van der Waals surface area contributed by atoms with Crippen molar-refractivity contribution < 1.29 is 4.79 Å². The Balaban J connectivity index is 1.85. The van der Waals surface area contributed by atoms with E-state index in [4.69, 9.17) is 0 Å². The van der Waals surface area contributed by atoms with Gasteiger partial charge in [-0.05, 0) is 23.9 Å². The molecule has 0 saturated heterocycles. The van der Waals surface area contributed by atoms with Crippen LogP contribution in [-0.2, 0) is 6.42 Å². The number of aromatic nitrogens is 2. The molecule has 0 radical (unpaired) electrons. The van der Waals surface area contributed by atoms with Crippen molar-refractivity contribution in [1.82, 2.24) is 15.5 Å². The van der Waals surface area contributed by atoms with Gasteiger partial charge in [0.15, 0.2) is 0 Å². The SMILES string of the molecule is O=C(NCCc1cccs1)c1ccc(=O)[nH]n1. The fraction of sp³-hybridized carbons (Fsp3) is 0.182. The maximum absolute atomic E-state index is 11.6. The highest BCUT2D eigenvalue weighted by atomic mass is 32.1. The maximum atomic E-state index is 11.6. The standard InChI is InChI=1S/C11H11N3O2S/c15-10-4-3-9(13-14-10)11(16)12-6-5-8-2-1-7-17-8/h1-4,7H,5-6H2,(H,12,16)(H,14,15). The molecule has 2 N–H and O–H groups in total. The fourth-order valence-electron chi connectivity index (χ4n) is 1.32. The predicted molar refractivity (Wildman–Crippen MR) is 65.2 cm³/mol. The number of aromatic amines is 1. The highest BCUT2D eigenvalue weighted by Gasteiger charge is 2.06. The summed E-state index contributed by atoms with van der Waals surface area (Å²) in [5.41, 5.74) is -0.101. The summed E-state index contributed by atoms with van der Waals surface area (Å²) < 4.78 is 0. The summed E-state index contributed by atoms with van der Waals surface area (Å²) in [7, 11) is 0. The van der Waals surface area contributed by atoms with Crippen LogP contribution in [0.25, 0.3) is 0 Å². The molecule has 0 spiro atoms. The number of thiophene rings is 1. The van der Waals surface area contributed by atoms with Crippen LogP contribution < -0.4 is 10.9 Å². The number of H-pyrrole nitrogens is 1. The van der Waals surface area contributed by atoms with Crippen molar-refractivity contribution in [1.29, 1.82) is 0 Å². The molecule has 2 aromatic rings. The Labute approximate surface area is 102 Å². The van der Waals surface area contributed by atoms with E-state index in [2.05, 4.69) is 15.5 Å². The number of carbonyl (C=O) groups is 1. The zero-order valence-corrected chi connectivity index (χ0v) is 9.79. The van der Waals surface area contributed by atoms with Crippen LogP contribution in [0.4, 0.5) is 0 Å². The Bertz CT molecular complexity index is 528. The lowest BCUT2D eigenvalue weighted by Crippen LogP contribution is -2.27. The normalized spacial score (nSPS) is 10.1. The summed E-state index contributed by atoms with van der Waals surface area (Å²) in [5, 5.41) is 10.6. The van der Waals surface area contributed by atoms with E-state index in [-0.39, 0.29) is 17.2 Å². The molecule has 0 bridgehead atoms. The zero-order chi connectivity index (χ0) is 12.1. The zero-order valence-electron chi connectivity index (χ0n) is 8.97. The molecule has 0 aliphatic carbocycles. The summed E-state index contributed by atoms with van der Waals surface area (Å²) in [6.45, 7) is 0.556. The first-order valence-corrected chi connectivity index (χ1v) is 6.00. The van der Waals surface area contributed by atoms with Gasteiger partial charge in [0.05, 0.1) is 0 Å². The van der Waals surface area contributed by atoms with E-state index in [9.17, 15) is 9.59 Å². The molecular weight excluding hydrogens is 238 g/mol. The molecule has 2 rings (SSSR count). The van der Waals surface area contributed by atoms with Gasteiger partial charge in [0.2, 0.25) is 0 Å². The topological polar surface area (TPSA) is 74.8 Å². The van der Waals surface area contributed by atoms with Crippen molar-refractivity contribution in [2.75, 3.05) is 6.54 Å². The third-order valence-electron chi connectivity index (χ3n) is 2.15. The van der Waals surface area contributed by atoms with E-state index in [1.54, 1.807) is 11.3 Å². The fourth-order valence-corrected chi connectivity index (χ4v) is 2.02. The first-order chi connectivity index (χ1) is 8.25. The molecule has 6 heteroatoms. The van der Waals surface area contributed by atoms with Crippen molar-refractivity contribution in [2.24, 2.45) is 0 Å². The summed E-state index contributed by atoms with van der Waals surface area (Å²) in [4.78, 5) is 23.6. The van der Waals surface area contributed by atoms with Gasteiger partial charge in [-0.3, -0.25) is 9.59 Å². The maximum Gasteiger partial charge on any atom is 0.271 e. The number of nitrogens with zero attached hydrogens (tertiary/aromatic N) is 1. The highest BCUT2D eigenvalue weighted by Crippen LogP contribution is 2.08. The van der Waals surface area contributed by atoms with Crippen molar-refractivity contribution in [2.45, 2.75) is 6.42 Å². The number of hydrogen-bond acceptors (Lipinski definition) is 4. The van der Waals surface area contributed by atoms with Gasteiger partial charge in [0, 0.05) is 17.5 Å².